The molecule has 24 heavy (non-hydrogen) atoms. The Hall–Kier alpha value is -3.23. The number of alkyl halides is 3. The van der Waals surface area contributed by atoms with Crippen molar-refractivity contribution in [1.29, 1.82) is 0 Å². The van der Waals surface area contributed by atoms with E-state index in [0.29, 0.717) is 11.3 Å². The Morgan fingerprint density at radius 1 is 1.08 bits per heavy atom. The SMILES string of the molecule is O=C(Nc1cc(C(F)(F)F)ccn1)c1n[nH]nc1-c1ccccc1. The number of benzene rings is 1. The molecular formula is C15H10F3N5O. The van der Waals surface area contributed by atoms with Crippen LogP contribution in [0.15, 0.2) is 48.7 Å². The van der Waals surface area contributed by atoms with Gasteiger partial charge in [0.15, 0.2) is 5.69 Å². The molecule has 1 amide bonds. The summed E-state index contributed by atoms with van der Waals surface area (Å²) in [4.78, 5) is 16.0. The van der Waals surface area contributed by atoms with Gasteiger partial charge >= 0.3 is 6.18 Å². The minimum Gasteiger partial charge on any atom is -0.305 e. The maximum absolute atomic E-state index is 12.7. The Morgan fingerprint density at radius 3 is 2.54 bits per heavy atom. The fourth-order valence-electron chi connectivity index (χ4n) is 2.04. The maximum Gasteiger partial charge on any atom is 0.416 e. The molecule has 0 spiro atoms. The number of rotatable bonds is 3. The first kappa shape index (κ1) is 15.7. The van der Waals surface area contributed by atoms with Crippen molar-refractivity contribution in [2.75, 3.05) is 5.32 Å². The molecule has 9 heteroatoms. The minimum atomic E-state index is -4.52. The summed E-state index contributed by atoms with van der Waals surface area (Å²) in [6.45, 7) is 0. The van der Waals surface area contributed by atoms with E-state index in [1.807, 2.05) is 0 Å². The molecule has 0 aliphatic carbocycles. The number of aromatic amines is 1. The van der Waals surface area contributed by atoms with Gasteiger partial charge in [0.2, 0.25) is 0 Å². The summed E-state index contributed by atoms with van der Waals surface area (Å²) >= 11 is 0. The first-order valence-corrected chi connectivity index (χ1v) is 6.76. The number of hydrogen-bond donors (Lipinski definition) is 2. The molecule has 3 rings (SSSR count). The molecular weight excluding hydrogens is 323 g/mol. The third-order valence-electron chi connectivity index (χ3n) is 3.14. The maximum atomic E-state index is 12.7. The largest absolute Gasteiger partial charge is 0.416 e. The van der Waals surface area contributed by atoms with E-state index in [1.54, 1.807) is 30.3 Å². The zero-order valence-electron chi connectivity index (χ0n) is 12.0. The zero-order valence-corrected chi connectivity index (χ0v) is 12.0. The highest BCUT2D eigenvalue weighted by Gasteiger charge is 2.31. The van der Waals surface area contributed by atoms with Gasteiger partial charge in [-0.3, -0.25) is 4.79 Å². The van der Waals surface area contributed by atoms with Crippen molar-refractivity contribution in [2.45, 2.75) is 6.18 Å². The quantitative estimate of drug-likeness (QED) is 0.771. The van der Waals surface area contributed by atoms with Gasteiger partial charge in [-0.15, -0.1) is 0 Å². The van der Waals surface area contributed by atoms with Crippen molar-refractivity contribution in [2.24, 2.45) is 0 Å². The first-order chi connectivity index (χ1) is 11.4. The molecule has 122 valence electrons. The summed E-state index contributed by atoms with van der Waals surface area (Å²) < 4.78 is 38.1. The fourth-order valence-corrected chi connectivity index (χ4v) is 2.04. The van der Waals surface area contributed by atoms with E-state index in [4.69, 9.17) is 0 Å². The number of aromatic nitrogens is 4. The number of hydrogen-bond acceptors (Lipinski definition) is 4. The molecule has 0 radical (unpaired) electrons. The van der Waals surface area contributed by atoms with Crippen molar-refractivity contribution in [3.8, 4) is 11.3 Å². The molecule has 2 N–H and O–H groups in total. The average Bonchev–Trinajstić information content (AvgIpc) is 3.05. The van der Waals surface area contributed by atoms with Gasteiger partial charge in [-0.2, -0.15) is 28.6 Å². The number of carbonyl (C=O) groups is 1. The number of nitrogens with one attached hydrogen (secondary N) is 2. The van der Waals surface area contributed by atoms with Crippen LogP contribution in [0.4, 0.5) is 19.0 Å². The highest BCUT2D eigenvalue weighted by Crippen LogP contribution is 2.30. The van der Waals surface area contributed by atoms with E-state index >= 15 is 0 Å². The van der Waals surface area contributed by atoms with E-state index in [9.17, 15) is 18.0 Å². The van der Waals surface area contributed by atoms with Crippen LogP contribution in [0, 0.1) is 0 Å². The van der Waals surface area contributed by atoms with Gasteiger partial charge in [-0.05, 0) is 12.1 Å². The number of H-pyrrole nitrogens is 1. The van der Waals surface area contributed by atoms with Gasteiger partial charge in [0.25, 0.3) is 5.91 Å². The predicted molar refractivity (Wildman–Crippen MR) is 79.0 cm³/mol. The van der Waals surface area contributed by atoms with Crippen LogP contribution >= 0.6 is 0 Å². The molecule has 3 aromatic rings. The van der Waals surface area contributed by atoms with Crippen molar-refractivity contribution in [3.63, 3.8) is 0 Å². The molecule has 0 saturated carbocycles. The lowest BCUT2D eigenvalue weighted by Crippen LogP contribution is -2.15. The lowest BCUT2D eigenvalue weighted by Gasteiger charge is -2.08. The highest BCUT2D eigenvalue weighted by atomic mass is 19.4. The third-order valence-corrected chi connectivity index (χ3v) is 3.14. The summed E-state index contributed by atoms with van der Waals surface area (Å²) in [6.07, 6.45) is -3.55. The molecule has 1 aromatic carbocycles. The lowest BCUT2D eigenvalue weighted by atomic mass is 10.1. The summed E-state index contributed by atoms with van der Waals surface area (Å²) in [5.41, 5.74) is -0.00914. The van der Waals surface area contributed by atoms with Crippen molar-refractivity contribution in [1.82, 2.24) is 20.4 Å². The molecule has 2 heterocycles. The van der Waals surface area contributed by atoms with Gasteiger partial charge in [0.1, 0.15) is 11.5 Å². The molecule has 2 aromatic heterocycles. The van der Waals surface area contributed by atoms with Crippen molar-refractivity contribution in [3.05, 3.63) is 59.9 Å². The molecule has 0 saturated heterocycles. The van der Waals surface area contributed by atoms with Gasteiger partial charge in [0.05, 0.1) is 5.56 Å². The molecule has 0 atom stereocenters. The van der Waals surface area contributed by atoms with Gasteiger partial charge in [0, 0.05) is 11.8 Å². The second-order valence-corrected chi connectivity index (χ2v) is 4.77. The van der Waals surface area contributed by atoms with Crippen LogP contribution in [0.5, 0.6) is 0 Å². The highest BCUT2D eigenvalue weighted by molar-refractivity contribution is 6.06. The second-order valence-electron chi connectivity index (χ2n) is 4.77. The fraction of sp³-hybridized carbons (Fsp3) is 0.0667. The predicted octanol–water partition coefficient (Wildman–Crippen LogP) is 3.14. The summed E-state index contributed by atoms with van der Waals surface area (Å²) in [5.74, 6) is -0.939. The van der Waals surface area contributed by atoms with Crippen LogP contribution in [-0.2, 0) is 6.18 Å². The van der Waals surface area contributed by atoms with Crippen LogP contribution in [-0.4, -0.2) is 26.3 Å². The molecule has 6 nitrogen and oxygen atoms in total. The summed E-state index contributed by atoms with van der Waals surface area (Å²) in [6, 6.07) is 10.4. The Balaban J connectivity index is 1.86. The number of carbonyl (C=O) groups excluding carboxylic acids is 1. The van der Waals surface area contributed by atoms with E-state index in [2.05, 4.69) is 25.7 Å². The van der Waals surface area contributed by atoms with Gasteiger partial charge in [-0.25, -0.2) is 4.98 Å². The number of nitrogens with zero attached hydrogens (tertiary/aromatic N) is 3. The van der Waals surface area contributed by atoms with Crippen LogP contribution < -0.4 is 5.32 Å². The Morgan fingerprint density at radius 2 is 1.83 bits per heavy atom. The number of anilines is 1. The van der Waals surface area contributed by atoms with Crippen LogP contribution in [0.1, 0.15) is 16.1 Å². The van der Waals surface area contributed by atoms with Gasteiger partial charge in [-0.1, -0.05) is 30.3 Å². The normalized spacial score (nSPS) is 11.3. The summed E-state index contributed by atoms with van der Waals surface area (Å²) in [7, 11) is 0. The minimum absolute atomic E-state index is 0.0413. The molecule has 0 unspecified atom stereocenters. The topological polar surface area (TPSA) is 83.6 Å². The summed E-state index contributed by atoms with van der Waals surface area (Å²) in [5, 5.41) is 12.3. The Labute approximate surface area is 133 Å². The number of pyridine rings is 1. The molecule has 0 aliphatic rings. The number of amides is 1. The van der Waals surface area contributed by atoms with Crippen LogP contribution in [0.3, 0.4) is 0 Å². The number of halogens is 3. The average molecular weight is 333 g/mol. The smallest absolute Gasteiger partial charge is 0.305 e. The van der Waals surface area contributed by atoms with Gasteiger partial charge < -0.3 is 5.32 Å². The zero-order chi connectivity index (χ0) is 17.2. The van der Waals surface area contributed by atoms with E-state index in [0.717, 1.165) is 18.3 Å². The van der Waals surface area contributed by atoms with Crippen LogP contribution in [0.2, 0.25) is 0 Å². The van der Waals surface area contributed by atoms with Crippen molar-refractivity contribution >= 4 is 11.7 Å². The Kier molecular flexibility index (Phi) is 3.98. The van der Waals surface area contributed by atoms with Crippen LogP contribution in [0.25, 0.3) is 11.3 Å². The molecule has 0 bridgehead atoms. The Bertz CT molecular complexity index is 861. The van der Waals surface area contributed by atoms with E-state index in [-0.39, 0.29) is 11.5 Å². The monoisotopic (exact) mass is 333 g/mol. The third kappa shape index (κ3) is 3.24. The first-order valence-electron chi connectivity index (χ1n) is 6.76. The lowest BCUT2D eigenvalue weighted by molar-refractivity contribution is -0.137. The van der Waals surface area contributed by atoms with Crippen molar-refractivity contribution < 1.29 is 18.0 Å². The van der Waals surface area contributed by atoms with E-state index < -0.39 is 17.6 Å². The molecule has 0 fully saturated rings. The standard InChI is InChI=1S/C15H10F3N5O/c16-15(17,18)10-6-7-19-11(8-10)20-14(24)13-12(21-23-22-13)9-4-2-1-3-5-9/h1-8H,(H,19,20,24)(H,21,22,23). The van der Waals surface area contributed by atoms with E-state index in [1.165, 1.54) is 0 Å². The second kappa shape index (κ2) is 6.11. The molecule has 0 aliphatic heterocycles.